The zero-order valence-corrected chi connectivity index (χ0v) is 13.7. The van der Waals surface area contributed by atoms with E-state index in [4.69, 9.17) is 4.74 Å². The van der Waals surface area contributed by atoms with Gasteiger partial charge < -0.3 is 15.4 Å². The Morgan fingerprint density at radius 2 is 1.62 bits per heavy atom. The summed E-state index contributed by atoms with van der Waals surface area (Å²) in [6.07, 6.45) is 0.734. The van der Waals surface area contributed by atoms with Crippen LogP contribution >= 0.6 is 0 Å². The van der Waals surface area contributed by atoms with E-state index in [1.807, 2.05) is 49.4 Å². The summed E-state index contributed by atoms with van der Waals surface area (Å²) in [6.45, 7) is 2.21. The molecule has 5 nitrogen and oxygen atoms in total. The molecule has 0 radical (unpaired) electrons. The van der Waals surface area contributed by atoms with Gasteiger partial charge in [0.15, 0.2) is 6.61 Å². The van der Waals surface area contributed by atoms with Crippen LogP contribution in [0.2, 0.25) is 0 Å². The molecule has 0 spiro atoms. The van der Waals surface area contributed by atoms with E-state index >= 15 is 0 Å². The van der Waals surface area contributed by atoms with Crippen molar-refractivity contribution >= 4 is 11.8 Å². The molecule has 126 valence electrons. The molecule has 0 aliphatic carbocycles. The van der Waals surface area contributed by atoms with Crippen molar-refractivity contribution in [1.29, 1.82) is 0 Å². The van der Waals surface area contributed by atoms with E-state index in [1.54, 1.807) is 0 Å². The highest BCUT2D eigenvalue weighted by atomic mass is 16.5. The van der Waals surface area contributed by atoms with Crippen molar-refractivity contribution in [3.8, 4) is 5.75 Å². The molecule has 0 heterocycles. The summed E-state index contributed by atoms with van der Waals surface area (Å²) in [6, 6.07) is 17.7. The van der Waals surface area contributed by atoms with E-state index in [0.29, 0.717) is 12.3 Å². The molecule has 5 heteroatoms. The first-order valence-electron chi connectivity index (χ1n) is 7.97. The van der Waals surface area contributed by atoms with Crippen molar-refractivity contribution < 1.29 is 14.3 Å². The first kappa shape index (κ1) is 17.5. The molecule has 0 aromatic heterocycles. The molecule has 0 fully saturated rings. The molecule has 0 bridgehead atoms. The standard InChI is InChI=1S/C19H22N2O3/c1-2-20-18(22)13-21-19(23)14-24-17-11-7-6-10-16(17)12-15-8-4-3-5-9-15/h3-11H,2,12-14H2,1H3,(H,20,22)(H,21,23). The molecule has 24 heavy (non-hydrogen) atoms. The van der Waals surface area contributed by atoms with Gasteiger partial charge >= 0.3 is 0 Å². The Kier molecular flexibility index (Phi) is 6.83. The number of ether oxygens (including phenoxy) is 1. The van der Waals surface area contributed by atoms with E-state index < -0.39 is 0 Å². The number of para-hydroxylation sites is 1. The van der Waals surface area contributed by atoms with Gasteiger partial charge in [0.1, 0.15) is 5.75 Å². The first-order chi connectivity index (χ1) is 11.7. The fourth-order valence-electron chi connectivity index (χ4n) is 2.24. The Hall–Kier alpha value is -2.82. The third kappa shape index (κ3) is 5.76. The molecule has 0 aliphatic rings. The van der Waals surface area contributed by atoms with Gasteiger partial charge in [0.2, 0.25) is 5.91 Å². The van der Waals surface area contributed by atoms with Crippen LogP contribution in [0.5, 0.6) is 5.75 Å². The number of amides is 2. The molecule has 0 saturated heterocycles. The molecule has 0 aliphatic heterocycles. The Bertz CT molecular complexity index is 671. The third-order valence-corrected chi connectivity index (χ3v) is 3.39. The topological polar surface area (TPSA) is 67.4 Å². The van der Waals surface area contributed by atoms with E-state index in [2.05, 4.69) is 22.8 Å². The number of benzene rings is 2. The van der Waals surface area contributed by atoms with Crippen molar-refractivity contribution in [2.24, 2.45) is 0 Å². The van der Waals surface area contributed by atoms with E-state index in [9.17, 15) is 9.59 Å². The average molecular weight is 326 g/mol. The number of hydrogen-bond acceptors (Lipinski definition) is 3. The molecule has 0 unspecified atom stereocenters. The highest BCUT2D eigenvalue weighted by Gasteiger charge is 2.08. The van der Waals surface area contributed by atoms with Crippen LogP contribution in [0.1, 0.15) is 18.1 Å². The fraction of sp³-hybridized carbons (Fsp3) is 0.263. The summed E-state index contributed by atoms with van der Waals surface area (Å²) in [7, 11) is 0. The van der Waals surface area contributed by atoms with Crippen molar-refractivity contribution in [1.82, 2.24) is 10.6 Å². The van der Waals surface area contributed by atoms with Crippen LogP contribution in [0.4, 0.5) is 0 Å². The maximum absolute atomic E-state index is 11.8. The van der Waals surface area contributed by atoms with Crippen LogP contribution in [-0.4, -0.2) is 31.5 Å². The van der Waals surface area contributed by atoms with Crippen molar-refractivity contribution in [3.63, 3.8) is 0 Å². The second kappa shape index (κ2) is 9.35. The van der Waals surface area contributed by atoms with Gasteiger partial charge in [-0.2, -0.15) is 0 Å². The SMILES string of the molecule is CCNC(=O)CNC(=O)COc1ccccc1Cc1ccccc1. The maximum Gasteiger partial charge on any atom is 0.258 e. The van der Waals surface area contributed by atoms with Crippen LogP contribution in [0.25, 0.3) is 0 Å². The molecule has 2 rings (SSSR count). The van der Waals surface area contributed by atoms with Gasteiger partial charge in [-0.15, -0.1) is 0 Å². The van der Waals surface area contributed by atoms with E-state index in [0.717, 1.165) is 12.0 Å². The lowest BCUT2D eigenvalue weighted by Crippen LogP contribution is -2.38. The lowest BCUT2D eigenvalue weighted by atomic mass is 10.0. The lowest BCUT2D eigenvalue weighted by Gasteiger charge is -2.11. The van der Waals surface area contributed by atoms with Crippen LogP contribution in [0.15, 0.2) is 54.6 Å². The smallest absolute Gasteiger partial charge is 0.258 e. The number of carbonyl (C=O) groups excluding carboxylic acids is 2. The Morgan fingerprint density at radius 1 is 0.917 bits per heavy atom. The average Bonchev–Trinajstić information content (AvgIpc) is 2.60. The summed E-state index contributed by atoms with van der Waals surface area (Å²) < 4.78 is 5.62. The van der Waals surface area contributed by atoms with Crippen LogP contribution in [0, 0.1) is 0 Å². The molecular formula is C19H22N2O3. The molecule has 2 amide bonds. The van der Waals surface area contributed by atoms with Gasteiger partial charge in [0.25, 0.3) is 5.91 Å². The summed E-state index contributed by atoms with van der Waals surface area (Å²) in [4.78, 5) is 23.1. The zero-order valence-electron chi connectivity index (χ0n) is 13.7. The largest absolute Gasteiger partial charge is 0.483 e. The molecule has 2 aromatic rings. The van der Waals surface area contributed by atoms with Gasteiger partial charge in [0, 0.05) is 13.0 Å². The summed E-state index contributed by atoms with van der Waals surface area (Å²) in [5, 5.41) is 5.15. The second-order valence-electron chi connectivity index (χ2n) is 5.29. The first-order valence-corrected chi connectivity index (χ1v) is 7.97. The van der Waals surface area contributed by atoms with E-state index in [-0.39, 0.29) is 25.0 Å². The predicted octanol–water partition coefficient (Wildman–Crippen LogP) is 1.91. The highest BCUT2D eigenvalue weighted by molar-refractivity contribution is 5.85. The molecule has 0 saturated carbocycles. The monoisotopic (exact) mass is 326 g/mol. The van der Waals surface area contributed by atoms with Crippen LogP contribution in [0.3, 0.4) is 0 Å². The van der Waals surface area contributed by atoms with Crippen LogP contribution in [-0.2, 0) is 16.0 Å². The molecule has 0 atom stereocenters. The maximum atomic E-state index is 11.8. The minimum Gasteiger partial charge on any atom is -0.483 e. The number of nitrogens with one attached hydrogen (secondary N) is 2. The van der Waals surface area contributed by atoms with Crippen molar-refractivity contribution in [2.75, 3.05) is 19.7 Å². The molecule has 2 N–H and O–H groups in total. The van der Waals surface area contributed by atoms with Crippen LogP contribution < -0.4 is 15.4 Å². The minimum atomic E-state index is -0.323. The lowest BCUT2D eigenvalue weighted by molar-refractivity contribution is -0.127. The highest BCUT2D eigenvalue weighted by Crippen LogP contribution is 2.21. The summed E-state index contributed by atoms with van der Waals surface area (Å²) in [5.41, 5.74) is 2.19. The van der Waals surface area contributed by atoms with Gasteiger partial charge in [-0.05, 0) is 24.1 Å². The number of hydrogen-bond donors (Lipinski definition) is 2. The summed E-state index contributed by atoms with van der Waals surface area (Å²) >= 11 is 0. The Balaban J connectivity index is 1.88. The van der Waals surface area contributed by atoms with Crippen molar-refractivity contribution in [3.05, 3.63) is 65.7 Å². The number of rotatable bonds is 8. The third-order valence-electron chi connectivity index (χ3n) is 3.39. The van der Waals surface area contributed by atoms with Gasteiger partial charge in [0.05, 0.1) is 6.54 Å². The Morgan fingerprint density at radius 3 is 2.38 bits per heavy atom. The van der Waals surface area contributed by atoms with Gasteiger partial charge in [-0.25, -0.2) is 0 Å². The Labute approximate surface area is 142 Å². The van der Waals surface area contributed by atoms with Crippen molar-refractivity contribution in [2.45, 2.75) is 13.3 Å². The predicted molar refractivity (Wildman–Crippen MR) is 92.9 cm³/mol. The zero-order chi connectivity index (χ0) is 17.2. The molecular weight excluding hydrogens is 304 g/mol. The van der Waals surface area contributed by atoms with Gasteiger partial charge in [-0.3, -0.25) is 9.59 Å². The van der Waals surface area contributed by atoms with Gasteiger partial charge in [-0.1, -0.05) is 48.5 Å². The second-order valence-corrected chi connectivity index (χ2v) is 5.29. The minimum absolute atomic E-state index is 0.0400. The summed E-state index contributed by atoms with van der Waals surface area (Å²) in [5.74, 6) is 0.139. The van der Waals surface area contributed by atoms with E-state index in [1.165, 1.54) is 5.56 Å². The normalized spacial score (nSPS) is 10.0. The quantitative estimate of drug-likeness (QED) is 0.779. The fourth-order valence-corrected chi connectivity index (χ4v) is 2.24. The number of carbonyl (C=O) groups is 2. The number of likely N-dealkylation sites (N-methyl/N-ethyl adjacent to an activating group) is 1. The molecule has 2 aromatic carbocycles.